The van der Waals surface area contributed by atoms with Crippen molar-refractivity contribution in [1.29, 1.82) is 0 Å². The van der Waals surface area contributed by atoms with Crippen molar-refractivity contribution < 1.29 is 18.4 Å². The fourth-order valence-electron chi connectivity index (χ4n) is 2.22. The van der Waals surface area contributed by atoms with Gasteiger partial charge in [0.15, 0.2) is 0 Å². The van der Waals surface area contributed by atoms with Gasteiger partial charge >= 0.3 is 0 Å². The fraction of sp³-hybridized carbons (Fsp3) is 0.429. The first-order chi connectivity index (χ1) is 9.90. The molecule has 5 nitrogen and oxygen atoms in total. The first-order valence-corrected chi connectivity index (χ1v) is 6.62. The number of benzene rings is 1. The van der Waals surface area contributed by atoms with E-state index in [2.05, 4.69) is 10.6 Å². The van der Waals surface area contributed by atoms with Gasteiger partial charge in [-0.2, -0.15) is 0 Å². The second-order valence-corrected chi connectivity index (χ2v) is 5.03. The Balaban J connectivity index is 2.11. The summed E-state index contributed by atoms with van der Waals surface area (Å²) in [5, 5.41) is 5.39. The largest absolute Gasteiger partial charge is 0.353 e. The van der Waals surface area contributed by atoms with Crippen molar-refractivity contribution in [2.45, 2.75) is 19.0 Å². The van der Waals surface area contributed by atoms with Crippen LogP contribution in [0, 0.1) is 11.6 Å². The maximum atomic E-state index is 13.8. The molecule has 2 amide bonds. The van der Waals surface area contributed by atoms with E-state index in [0.29, 0.717) is 0 Å². The summed E-state index contributed by atoms with van der Waals surface area (Å²) in [4.78, 5) is 24.7. The minimum absolute atomic E-state index is 0.0625. The van der Waals surface area contributed by atoms with E-state index in [1.807, 2.05) is 0 Å². The number of carbonyl (C=O) groups excluding carboxylic acids is 2. The molecule has 2 N–H and O–H groups in total. The van der Waals surface area contributed by atoms with Gasteiger partial charge in [-0.05, 0) is 25.1 Å². The van der Waals surface area contributed by atoms with Crippen LogP contribution in [-0.4, -0.2) is 42.9 Å². The van der Waals surface area contributed by atoms with Crippen molar-refractivity contribution in [2.75, 3.05) is 20.1 Å². The molecule has 2 atom stereocenters. The van der Waals surface area contributed by atoms with Crippen molar-refractivity contribution in [1.82, 2.24) is 15.5 Å². The highest BCUT2D eigenvalue weighted by Gasteiger charge is 2.29. The molecule has 7 heteroatoms. The van der Waals surface area contributed by atoms with E-state index in [4.69, 9.17) is 0 Å². The van der Waals surface area contributed by atoms with Gasteiger partial charge in [-0.25, -0.2) is 8.78 Å². The summed E-state index contributed by atoms with van der Waals surface area (Å²) in [7, 11) is 1.52. The number of nitrogens with one attached hydrogen (secondary N) is 2. The summed E-state index contributed by atoms with van der Waals surface area (Å²) in [6.07, 6.45) is 0. The lowest BCUT2D eigenvalue weighted by Crippen LogP contribution is -2.58. The predicted molar refractivity (Wildman–Crippen MR) is 72.3 cm³/mol. The lowest BCUT2D eigenvalue weighted by molar-refractivity contribution is -0.135. The Hall–Kier alpha value is -2.02. The lowest BCUT2D eigenvalue weighted by Gasteiger charge is -2.31. The van der Waals surface area contributed by atoms with Crippen LogP contribution in [0.15, 0.2) is 18.2 Å². The van der Waals surface area contributed by atoms with Gasteiger partial charge in [0.25, 0.3) is 0 Å². The highest BCUT2D eigenvalue weighted by atomic mass is 19.1. The van der Waals surface area contributed by atoms with Crippen molar-refractivity contribution in [3.05, 3.63) is 35.4 Å². The molecule has 0 bridgehead atoms. The number of piperazine rings is 1. The molecule has 0 spiro atoms. The average molecular weight is 297 g/mol. The van der Waals surface area contributed by atoms with Crippen molar-refractivity contribution in [3.63, 3.8) is 0 Å². The number of hydrogen-bond donors (Lipinski definition) is 2. The number of carbonyl (C=O) groups is 2. The van der Waals surface area contributed by atoms with Crippen LogP contribution < -0.4 is 10.6 Å². The van der Waals surface area contributed by atoms with E-state index in [9.17, 15) is 18.4 Å². The summed E-state index contributed by atoms with van der Waals surface area (Å²) in [5.74, 6) is -1.58. The molecular weight excluding hydrogens is 280 g/mol. The van der Waals surface area contributed by atoms with Gasteiger partial charge in [-0.15, -0.1) is 0 Å². The molecule has 0 aromatic heterocycles. The van der Waals surface area contributed by atoms with Gasteiger partial charge in [0.05, 0.1) is 12.6 Å². The third-order valence-electron chi connectivity index (χ3n) is 3.65. The number of halogens is 2. The SMILES string of the molecule is CC(c1cc(F)ccc1F)N(C)C(=O)C1CNC(=O)CN1. The van der Waals surface area contributed by atoms with E-state index in [1.54, 1.807) is 6.92 Å². The molecule has 1 aliphatic heterocycles. The van der Waals surface area contributed by atoms with Gasteiger partial charge < -0.3 is 10.2 Å². The van der Waals surface area contributed by atoms with Crippen LogP contribution in [0.25, 0.3) is 0 Å². The third kappa shape index (κ3) is 3.36. The Morgan fingerprint density at radius 3 is 2.76 bits per heavy atom. The highest BCUT2D eigenvalue weighted by Crippen LogP contribution is 2.23. The van der Waals surface area contributed by atoms with E-state index in [1.165, 1.54) is 11.9 Å². The average Bonchev–Trinajstić information content (AvgIpc) is 2.48. The van der Waals surface area contributed by atoms with Gasteiger partial charge in [0.2, 0.25) is 11.8 Å². The van der Waals surface area contributed by atoms with E-state index in [0.717, 1.165) is 18.2 Å². The molecule has 1 aromatic rings. The summed E-state index contributed by atoms with van der Waals surface area (Å²) in [5.41, 5.74) is 0.116. The minimum Gasteiger partial charge on any atom is -0.353 e. The molecule has 2 rings (SSSR count). The number of likely N-dealkylation sites (N-methyl/N-ethyl adjacent to an activating group) is 1. The molecule has 21 heavy (non-hydrogen) atoms. The van der Waals surface area contributed by atoms with Gasteiger partial charge in [0, 0.05) is 19.2 Å². The molecule has 1 aromatic carbocycles. The Bertz CT molecular complexity index is 555. The summed E-state index contributed by atoms with van der Waals surface area (Å²) in [6, 6.07) is 1.98. The van der Waals surface area contributed by atoms with E-state index in [-0.39, 0.29) is 30.5 Å². The Kier molecular flexibility index (Phi) is 4.52. The predicted octanol–water partition coefficient (Wildman–Crippen LogP) is 0.572. The molecule has 1 fully saturated rings. The molecule has 0 aliphatic carbocycles. The van der Waals surface area contributed by atoms with Gasteiger partial charge in [0.1, 0.15) is 17.7 Å². The van der Waals surface area contributed by atoms with Crippen molar-refractivity contribution in [3.8, 4) is 0 Å². The molecule has 0 saturated carbocycles. The molecular formula is C14H17F2N3O2. The Morgan fingerprint density at radius 1 is 1.43 bits per heavy atom. The van der Waals surface area contributed by atoms with E-state index >= 15 is 0 Å². The number of hydrogen-bond acceptors (Lipinski definition) is 3. The van der Waals surface area contributed by atoms with Crippen LogP contribution in [-0.2, 0) is 9.59 Å². The van der Waals surface area contributed by atoms with Crippen LogP contribution in [0.1, 0.15) is 18.5 Å². The normalized spacial score (nSPS) is 19.8. The number of rotatable bonds is 3. The third-order valence-corrected chi connectivity index (χ3v) is 3.65. The van der Waals surface area contributed by atoms with Crippen LogP contribution in [0.4, 0.5) is 8.78 Å². The molecule has 1 saturated heterocycles. The standard InChI is InChI=1S/C14H17F2N3O2/c1-8(10-5-9(15)3-4-11(10)16)19(2)14(21)12-6-18-13(20)7-17-12/h3-5,8,12,17H,6-7H2,1-2H3,(H,18,20). The summed E-state index contributed by atoms with van der Waals surface area (Å²) < 4.78 is 27.0. The van der Waals surface area contributed by atoms with Crippen LogP contribution in [0.3, 0.4) is 0 Å². The maximum Gasteiger partial charge on any atom is 0.241 e. The van der Waals surface area contributed by atoms with Gasteiger partial charge in [-0.3, -0.25) is 14.9 Å². The van der Waals surface area contributed by atoms with Crippen LogP contribution in [0.5, 0.6) is 0 Å². The Labute approximate surface area is 121 Å². The zero-order chi connectivity index (χ0) is 15.6. The maximum absolute atomic E-state index is 13.8. The monoisotopic (exact) mass is 297 g/mol. The quantitative estimate of drug-likeness (QED) is 0.857. The molecule has 114 valence electrons. The molecule has 2 unspecified atom stereocenters. The first kappa shape index (κ1) is 15.4. The molecule has 1 aliphatic rings. The fourth-order valence-corrected chi connectivity index (χ4v) is 2.22. The molecule has 0 radical (unpaired) electrons. The first-order valence-electron chi connectivity index (χ1n) is 6.62. The summed E-state index contributed by atoms with van der Waals surface area (Å²) in [6.45, 7) is 1.87. The smallest absolute Gasteiger partial charge is 0.241 e. The second-order valence-electron chi connectivity index (χ2n) is 5.03. The number of amides is 2. The molecule has 1 heterocycles. The van der Waals surface area contributed by atoms with E-state index < -0.39 is 23.7 Å². The lowest BCUT2D eigenvalue weighted by atomic mass is 10.1. The van der Waals surface area contributed by atoms with Gasteiger partial charge in [-0.1, -0.05) is 0 Å². The topological polar surface area (TPSA) is 61.4 Å². The highest BCUT2D eigenvalue weighted by molar-refractivity contribution is 5.86. The zero-order valence-corrected chi connectivity index (χ0v) is 11.8. The Morgan fingerprint density at radius 2 is 2.14 bits per heavy atom. The van der Waals surface area contributed by atoms with Crippen LogP contribution in [0.2, 0.25) is 0 Å². The second kappa shape index (κ2) is 6.17. The minimum atomic E-state index is -0.618. The number of nitrogens with zero attached hydrogens (tertiary/aromatic N) is 1. The summed E-state index contributed by atoms with van der Waals surface area (Å²) >= 11 is 0. The van der Waals surface area contributed by atoms with Crippen LogP contribution >= 0.6 is 0 Å². The van der Waals surface area contributed by atoms with Crippen molar-refractivity contribution >= 4 is 11.8 Å². The van der Waals surface area contributed by atoms with Crippen molar-refractivity contribution in [2.24, 2.45) is 0 Å². The zero-order valence-electron chi connectivity index (χ0n) is 11.8.